The first-order chi connectivity index (χ1) is 10.2. The summed E-state index contributed by atoms with van der Waals surface area (Å²) in [5.41, 5.74) is 0.728. The molecule has 1 aromatic carbocycles. The van der Waals surface area contributed by atoms with Gasteiger partial charge in [-0.15, -0.1) is 0 Å². The molecular weight excluding hydrogens is 270 g/mol. The molecule has 110 valence electrons. The summed E-state index contributed by atoms with van der Waals surface area (Å²) < 4.78 is 10.5. The third-order valence-electron chi connectivity index (χ3n) is 5.14. The highest BCUT2D eigenvalue weighted by molar-refractivity contribution is 5.97. The van der Waals surface area contributed by atoms with Gasteiger partial charge in [-0.1, -0.05) is 0 Å². The molecule has 5 atom stereocenters. The van der Waals surface area contributed by atoms with Crippen molar-refractivity contribution >= 4 is 17.6 Å². The van der Waals surface area contributed by atoms with E-state index in [1.54, 1.807) is 31.4 Å². The van der Waals surface area contributed by atoms with E-state index in [2.05, 4.69) is 5.32 Å². The van der Waals surface area contributed by atoms with Crippen LogP contribution in [0.15, 0.2) is 24.3 Å². The van der Waals surface area contributed by atoms with E-state index in [1.165, 1.54) is 0 Å². The zero-order valence-corrected chi connectivity index (χ0v) is 11.7. The molecule has 21 heavy (non-hydrogen) atoms. The first kappa shape index (κ1) is 12.7. The Hall–Kier alpha value is -2.04. The number of carbonyl (C=O) groups excluding carboxylic acids is 2. The second-order valence-electron chi connectivity index (χ2n) is 6.14. The third-order valence-corrected chi connectivity index (χ3v) is 5.14. The van der Waals surface area contributed by atoms with Gasteiger partial charge < -0.3 is 14.8 Å². The summed E-state index contributed by atoms with van der Waals surface area (Å²) >= 11 is 0. The van der Waals surface area contributed by atoms with Gasteiger partial charge in [-0.2, -0.15) is 0 Å². The van der Waals surface area contributed by atoms with Crippen molar-refractivity contribution in [3.05, 3.63) is 24.3 Å². The molecule has 1 amide bonds. The molecule has 1 heterocycles. The number of hydrogen-bond donors (Lipinski definition) is 1. The van der Waals surface area contributed by atoms with E-state index < -0.39 is 0 Å². The molecule has 4 rings (SSSR count). The second-order valence-corrected chi connectivity index (χ2v) is 6.14. The lowest BCUT2D eigenvalue weighted by Gasteiger charge is -2.23. The fourth-order valence-electron chi connectivity index (χ4n) is 4.26. The number of nitrogens with one attached hydrogen (secondary N) is 1. The summed E-state index contributed by atoms with van der Waals surface area (Å²) in [7, 11) is 1.60. The van der Waals surface area contributed by atoms with Crippen molar-refractivity contribution in [1.82, 2.24) is 0 Å². The lowest BCUT2D eigenvalue weighted by atomic mass is 9.79. The van der Waals surface area contributed by atoms with Crippen molar-refractivity contribution in [2.24, 2.45) is 23.7 Å². The molecule has 0 spiro atoms. The normalized spacial score (nSPS) is 35.7. The molecule has 0 radical (unpaired) electrons. The van der Waals surface area contributed by atoms with E-state index >= 15 is 0 Å². The Morgan fingerprint density at radius 1 is 1.29 bits per heavy atom. The quantitative estimate of drug-likeness (QED) is 0.861. The highest BCUT2D eigenvalue weighted by atomic mass is 16.6. The zero-order valence-electron chi connectivity index (χ0n) is 11.7. The molecule has 0 aromatic heterocycles. The predicted molar refractivity (Wildman–Crippen MR) is 74.7 cm³/mol. The number of fused-ring (bicyclic) bond motifs is 1. The van der Waals surface area contributed by atoms with Crippen LogP contribution in [0.1, 0.15) is 12.8 Å². The number of carbonyl (C=O) groups is 2. The SMILES string of the molecule is COc1ccc(NC(=O)[C@@H]2[C@H]3C[C@@H]4[C@@H]2C(=O)O[C@@H]4C3)cc1. The minimum absolute atomic E-state index is 0.0602. The van der Waals surface area contributed by atoms with E-state index in [9.17, 15) is 9.59 Å². The van der Waals surface area contributed by atoms with Crippen LogP contribution in [0.4, 0.5) is 5.69 Å². The van der Waals surface area contributed by atoms with E-state index in [0.29, 0.717) is 0 Å². The van der Waals surface area contributed by atoms with Crippen molar-refractivity contribution in [2.75, 3.05) is 12.4 Å². The number of hydrogen-bond acceptors (Lipinski definition) is 4. The summed E-state index contributed by atoms with van der Waals surface area (Å²) in [6.45, 7) is 0. The van der Waals surface area contributed by atoms with Crippen molar-refractivity contribution in [1.29, 1.82) is 0 Å². The van der Waals surface area contributed by atoms with Crippen LogP contribution in [-0.4, -0.2) is 25.1 Å². The summed E-state index contributed by atoms with van der Waals surface area (Å²) in [5, 5.41) is 2.92. The Balaban J connectivity index is 1.51. The average Bonchev–Trinajstić information content (AvgIpc) is 3.09. The number of esters is 1. The lowest BCUT2D eigenvalue weighted by molar-refractivity contribution is -0.145. The van der Waals surface area contributed by atoms with Crippen LogP contribution in [0.25, 0.3) is 0 Å². The largest absolute Gasteiger partial charge is 0.497 e. The van der Waals surface area contributed by atoms with Crippen LogP contribution in [-0.2, 0) is 14.3 Å². The van der Waals surface area contributed by atoms with E-state index in [1.807, 2.05) is 0 Å². The van der Waals surface area contributed by atoms with Gasteiger partial charge in [-0.3, -0.25) is 9.59 Å². The van der Waals surface area contributed by atoms with Gasteiger partial charge in [0, 0.05) is 11.6 Å². The fourth-order valence-corrected chi connectivity index (χ4v) is 4.26. The van der Waals surface area contributed by atoms with Gasteiger partial charge >= 0.3 is 5.97 Å². The number of benzene rings is 1. The predicted octanol–water partition coefficient (Wildman–Crippen LogP) is 1.83. The van der Waals surface area contributed by atoms with Crippen molar-refractivity contribution in [3.63, 3.8) is 0 Å². The Morgan fingerprint density at radius 2 is 2.05 bits per heavy atom. The maximum absolute atomic E-state index is 12.5. The third kappa shape index (κ3) is 1.83. The number of methoxy groups -OCH3 is 1. The summed E-state index contributed by atoms with van der Waals surface area (Å²) in [5.74, 6) is 0.587. The highest BCUT2D eigenvalue weighted by Gasteiger charge is 2.63. The summed E-state index contributed by atoms with van der Waals surface area (Å²) in [6, 6.07) is 7.21. The van der Waals surface area contributed by atoms with E-state index in [0.717, 1.165) is 24.3 Å². The minimum atomic E-state index is -0.233. The lowest BCUT2D eigenvalue weighted by Crippen LogP contribution is -2.35. The van der Waals surface area contributed by atoms with Gasteiger partial charge in [0.2, 0.25) is 5.91 Å². The summed E-state index contributed by atoms with van der Waals surface area (Å²) in [4.78, 5) is 24.5. The first-order valence-electron chi connectivity index (χ1n) is 7.33. The van der Waals surface area contributed by atoms with Crippen molar-refractivity contribution in [2.45, 2.75) is 18.9 Å². The maximum Gasteiger partial charge on any atom is 0.310 e. The minimum Gasteiger partial charge on any atom is -0.497 e. The topological polar surface area (TPSA) is 64.6 Å². The Morgan fingerprint density at radius 3 is 2.76 bits per heavy atom. The maximum atomic E-state index is 12.5. The van der Waals surface area contributed by atoms with Crippen LogP contribution < -0.4 is 10.1 Å². The van der Waals surface area contributed by atoms with Gasteiger partial charge in [-0.25, -0.2) is 0 Å². The number of amides is 1. The highest BCUT2D eigenvalue weighted by Crippen LogP contribution is 2.57. The Kier molecular flexibility index (Phi) is 2.71. The monoisotopic (exact) mass is 287 g/mol. The molecule has 2 bridgehead atoms. The van der Waals surface area contributed by atoms with E-state index in [4.69, 9.17) is 9.47 Å². The fraction of sp³-hybridized carbons (Fsp3) is 0.500. The number of ether oxygens (including phenoxy) is 2. The van der Waals surface area contributed by atoms with Crippen molar-refractivity contribution in [3.8, 4) is 5.75 Å². The standard InChI is InChI=1S/C16H17NO4/c1-20-10-4-2-9(3-5-10)17-15(18)13-8-6-11-12(7-8)21-16(19)14(11)13/h2-5,8,11-14H,6-7H2,1H3,(H,17,18)/t8-,11-,12+,13+,14-/m0/s1. The van der Waals surface area contributed by atoms with E-state index in [-0.39, 0.29) is 41.7 Å². The van der Waals surface area contributed by atoms with Gasteiger partial charge in [0.25, 0.3) is 0 Å². The Bertz CT molecular complexity index is 595. The number of rotatable bonds is 3. The average molecular weight is 287 g/mol. The smallest absolute Gasteiger partial charge is 0.310 e. The van der Waals surface area contributed by atoms with Crippen LogP contribution in [0.2, 0.25) is 0 Å². The van der Waals surface area contributed by atoms with Crippen LogP contribution in [0.5, 0.6) is 5.75 Å². The molecule has 2 aliphatic carbocycles. The molecule has 1 aromatic rings. The van der Waals surface area contributed by atoms with Crippen LogP contribution >= 0.6 is 0 Å². The molecule has 3 fully saturated rings. The molecule has 1 saturated heterocycles. The Labute approximate surface area is 122 Å². The van der Waals surface area contributed by atoms with Crippen LogP contribution in [0.3, 0.4) is 0 Å². The molecule has 0 unspecified atom stereocenters. The molecule has 5 nitrogen and oxygen atoms in total. The molecule has 1 aliphatic heterocycles. The summed E-state index contributed by atoms with van der Waals surface area (Å²) in [6.07, 6.45) is 1.85. The first-order valence-corrected chi connectivity index (χ1v) is 7.33. The van der Waals surface area contributed by atoms with Gasteiger partial charge in [-0.05, 0) is 43.0 Å². The van der Waals surface area contributed by atoms with Gasteiger partial charge in [0.1, 0.15) is 11.9 Å². The van der Waals surface area contributed by atoms with Crippen LogP contribution in [0, 0.1) is 23.7 Å². The molecular formula is C16H17NO4. The molecule has 3 aliphatic rings. The van der Waals surface area contributed by atoms with Crippen molar-refractivity contribution < 1.29 is 19.1 Å². The zero-order chi connectivity index (χ0) is 14.6. The molecule has 2 saturated carbocycles. The number of anilines is 1. The second kappa shape index (κ2) is 4.48. The molecule has 5 heteroatoms. The molecule has 1 N–H and O–H groups in total. The van der Waals surface area contributed by atoms with Gasteiger partial charge in [0.15, 0.2) is 0 Å². The van der Waals surface area contributed by atoms with Gasteiger partial charge in [0.05, 0.1) is 18.9 Å².